The van der Waals surface area contributed by atoms with Gasteiger partial charge < -0.3 is 10.6 Å². The molecule has 0 saturated heterocycles. The van der Waals surface area contributed by atoms with E-state index in [4.69, 9.17) is 5.73 Å². The standard InChI is InChI=1S/C11H18N4/c1-8-3-6-11(14-13-8)15(2)10(7-12)9-4-5-9/h3,6,9-10H,4-5,7,12H2,1-2H3. The van der Waals surface area contributed by atoms with Gasteiger partial charge in [0, 0.05) is 19.6 Å². The van der Waals surface area contributed by atoms with Crippen molar-refractivity contribution in [3.8, 4) is 0 Å². The van der Waals surface area contributed by atoms with Crippen LogP contribution in [0.15, 0.2) is 12.1 Å². The normalized spacial score (nSPS) is 17.5. The molecule has 0 bridgehead atoms. The Kier molecular flexibility index (Phi) is 2.86. The van der Waals surface area contributed by atoms with Crippen molar-refractivity contribution in [1.82, 2.24) is 10.2 Å². The molecule has 1 fully saturated rings. The number of aromatic nitrogens is 2. The van der Waals surface area contributed by atoms with E-state index in [2.05, 4.69) is 22.1 Å². The number of hydrogen-bond acceptors (Lipinski definition) is 4. The summed E-state index contributed by atoms with van der Waals surface area (Å²) in [6, 6.07) is 4.41. The average Bonchev–Trinajstić information content (AvgIpc) is 3.04. The molecule has 1 aromatic heterocycles. The maximum absolute atomic E-state index is 5.79. The van der Waals surface area contributed by atoms with Crippen LogP contribution in [0.4, 0.5) is 5.82 Å². The van der Waals surface area contributed by atoms with E-state index in [1.165, 1.54) is 12.8 Å². The molecule has 1 saturated carbocycles. The number of nitrogens with zero attached hydrogens (tertiary/aromatic N) is 3. The molecular weight excluding hydrogens is 188 g/mol. The fourth-order valence-corrected chi connectivity index (χ4v) is 1.90. The van der Waals surface area contributed by atoms with E-state index >= 15 is 0 Å². The predicted molar refractivity (Wildman–Crippen MR) is 60.7 cm³/mol. The van der Waals surface area contributed by atoms with E-state index in [1.807, 2.05) is 19.1 Å². The van der Waals surface area contributed by atoms with Gasteiger partial charge in [0.15, 0.2) is 5.82 Å². The van der Waals surface area contributed by atoms with E-state index in [0.29, 0.717) is 12.6 Å². The van der Waals surface area contributed by atoms with E-state index in [0.717, 1.165) is 17.4 Å². The molecule has 4 nitrogen and oxygen atoms in total. The minimum atomic E-state index is 0.419. The number of hydrogen-bond donors (Lipinski definition) is 1. The topological polar surface area (TPSA) is 55.0 Å². The van der Waals surface area contributed by atoms with Crippen molar-refractivity contribution >= 4 is 5.82 Å². The van der Waals surface area contributed by atoms with E-state index < -0.39 is 0 Å². The van der Waals surface area contributed by atoms with Gasteiger partial charge in [-0.15, -0.1) is 5.10 Å². The molecule has 0 amide bonds. The van der Waals surface area contributed by atoms with Gasteiger partial charge >= 0.3 is 0 Å². The Bertz CT molecular complexity index is 318. The lowest BCUT2D eigenvalue weighted by molar-refractivity contribution is 0.564. The van der Waals surface area contributed by atoms with Gasteiger partial charge in [0.25, 0.3) is 0 Å². The quantitative estimate of drug-likeness (QED) is 0.797. The molecule has 1 aromatic rings. The van der Waals surface area contributed by atoms with Crippen molar-refractivity contribution in [2.45, 2.75) is 25.8 Å². The molecule has 0 spiro atoms. The lowest BCUT2D eigenvalue weighted by Crippen LogP contribution is -2.40. The van der Waals surface area contributed by atoms with Gasteiger partial charge in [-0.3, -0.25) is 0 Å². The van der Waals surface area contributed by atoms with Gasteiger partial charge in [-0.25, -0.2) is 0 Å². The average molecular weight is 206 g/mol. The summed E-state index contributed by atoms with van der Waals surface area (Å²) in [4.78, 5) is 2.16. The van der Waals surface area contributed by atoms with Crippen LogP contribution in [0.3, 0.4) is 0 Å². The number of anilines is 1. The zero-order chi connectivity index (χ0) is 10.8. The zero-order valence-corrected chi connectivity index (χ0v) is 9.35. The third-order valence-corrected chi connectivity index (χ3v) is 3.05. The van der Waals surface area contributed by atoms with Crippen molar-refractivity contribution in [2.24, 2.45) is 11.7 Å². The highest BCUT2D eigenvalue weighted by molar-refractivity contribution is 5.38. The van der Waals surface area contributed by atoms with Gasteiger partial charge in [0.05, 0.1) is 5.69 Å². The minimum absolute atomic E-state index is 0.419. The van der Waals surface area contributed by atoms with E-state index in [-0.39, 0.29) is 0 Å². The molecule has 2 N–H and O–H groups in total. The van der Waals surface area contributed by atoms with Crippen LogP contribution >= 0.6 is 0 Å². The van der Waals surface area contributed by atoms with Crippen molar-refractivity contribution in [1.29, 1.82) is 0 Å². The van der Waals surface area contributed by atoms with Crippen LogP contribution in [0.25, 0.3) is 0 Å². The minimum Gasteiger partial charge on any atom is -0.354 e. The Labute approximate surface area is 90.5 Å². The van der Waals surface area contributed by atoms with Crippen LogP contribution in [-0.2, 0) is 0 Å². The third-order valence-electron chi connectivity index (χ3n) is 3.05. The molecule has 15 heavy (non-hydrogen) atoms. The van der Waals surface area contributed by atoms with Crippen molar-refractivity contribution in [2.75, 3.05) is 18.5 Å². The molecule has 2 rings (SSSR count). The molecule has 1 aliphatic carbocycles. The lowest BCUT2D eigenvalue weighted by atomic mass is 10.1. The Morgan fingerprint density at radius 1 is 1.47 bits per heavy atom. The van der Waals surface area contributed by atoms with Crippen molar-refractivity contribution in [3.05, 3.63) is 17.8 Å². The van der Waals surface area contributed by atoms with Gasteiger partial charge in [-0.1, -0.05) is 0 Å². The summed E-state index contributed by atoms with van der Waals surface area (Å²) in [6.07, 6.45) is 2.59. The summed E-state index contributed by atoms with van der Waals surface area (Å²) in [5.74, 6) is 1.67. The predicted octanol–water partition coefficient (Wildman–Crippen LogP) is 0.959. The molecule has 4 heteroatoms. The Morgan fingerprint density at radius 3 is 2.67 bits per heavy atom. The van der Waals surface area contributed by atoms with Crippen LogP contribution in [-0.4, -0.2) is 29.8 Å². The second-order valence-electron chi connectivity index (χ2n) is 4.28. The van der Waals surface area contributed by atoms with Crippen LogP contribution in [0.2, 0.25) is 0 Å². The monoisotopic (exact) mass is 206 g/mol. The smallest absolute Gasteiger partial charge is 0.151 e. The molecule has 1 atom stereocenters. The summed E-state index contributed by atoms with van der Waals surface area (Å²) in [5, 5.41) is 8.24. The number of rotatable bonds is 4. The van der Waals surface area contributed by atoms with Gasteiger partial charge in [0.1, 0.15) is 0 Å². The summed E-state index contributed by atoms with van der Waals surface area (Å²) >= 11 is 0. The summed E-state index contributed by atoms with van der Waals surface area (Å²) in [6.45, 7) is 2.63. The van der Waals surface area contributed by atoms with Crippen LogP contribution in [0.1, 0.15) is 18.5 Å². The molecule has 0 aromatic carbocycles. The number of aryl methyl sites for hydroxylation is 1. The molecule has 1 unspecified atom stereocenters. The SMILES string of the molecule is Cc1ccc(N(C)C(CN)C2CC2)nn1. The molecule has 1 aliphatic rings. The van der Waals surface area contributed by atoms with Crippen molar-refractivity contribution < 1.29 is 0 Å². The van der Waals surface area contributed by atoms with Crippen molar-refractivity contribution in [3.63, 3.8) is 0 Å². The highest BCUT2D eigenvalue weighted by Gasteiger charge is 2.33. The second kappa shape index (κ2) is 4.14. The second-order valence-corrected chi connectivity index (χ2v) is 4.28. The fourth-order valence-electron chi connectivity index (χ4n) is 1.90. The molecule has 0 aliphatic heterocycles. The lowest BCUT2D eigenvalue weighted by Gasteiger charge is -2.27. The summed E-state index contributed by atoms with van der Waals surface area (Å²) < 4.78 is 0. The van der Waals surface area contributed by atoms with Gasteiger partial charge in [0.2, 0.25) is 0 Å². The summed E-state index contributed by atoms with van der Waals surface area (Å²) in [5.41, 5.74) is 6.74. The van der Waals surface area contributed by atoms with Crippen LogP contribution < -0.4 is 10.6 Å². The molecular formula is C11H18N4. The highest BCUT2D eigenvalue weighted by Crippen LogP contribution is 2.35. The molecule has 82 valence electrons. The fraction of sp³-hybridized carbons (Fsp3) is 0.636. The first-order chi connectivity index (χ1) is 7.22. The maximum atomic E-state index is 5.79. The number of likely N-dealkylation sites (N-methyl/N-ethyl adjacent to an activating group) is 1. The highest BCUT2D eigenvalue weighted by atomic mass is 15.3. The van der Waals surface area contributed by atoms with Gasteiger partial charge in [-0.2, -0.15) is 5.10 Å². The first-order valence-electron chi connectivity index (χ1n) is 5.45. The van der Waals surface area contributed by atoms with Gasteiger partial charge in [-0.05, 0) is 37.8 Å². The van der Waals surface area contributed by atoms with Crippen LogP contribution in [0, 0.1) is 12.8 Å². The first kappa shape index (κ1) is 10.4. The third kappa shape index (κ3) is 2.26. The number of nitrogens with two attached hydrogens (primary N) is 1. The largest absolute Gasteiger partial charge is 0.354 e. The first-order valence-corrected chi connectivity index (χ1v) is 5.45. The Balaban J connectivity index is 2.11. The van der Waals surface area contributed by atoms with E-state index in [9.17, 15) is 0 Å². The zero-order valence-electron chi connectivity index (χ0n) is 9.35. The Hall–Kier alpha value is -1.16. The summed E-state index contributed by atoms with van der Waals surface area (Å²) in [7, 11) is 2.05. The maximum Gasteiger partial charge on any atom is 0.151 e. The molecule has 0 radical (unpaired) electrons. The molecule has 1 heterocycles. The van der Waals surface area contributed by atoms with Crippen LogP contribution in [0.5, 0.6) is 0 Å². The van der Waals surface area contributed by atoms with E-state index in [1.54, 1.807) is 0 Å². The Morgan fingerprint density at radius 2 is 2.20 bits per heavy atom.